The fourth-order valence-electron chi connectivity index (χ4n) is 4.69. The van der Waals surface area contributed by atoms with E-state index in [9.17, 15) is 31.9 Å². The number of rotatable bonds is 8. The largest absolute Gasteiger partial charge is 0.444 e. The van der Waals surface area contributed by atoms with Crippen LogP contribution in [0.25, 0.3) is 0 Å². The smallest absolute Gasteiger partial charge is 0.408 e. The third-order valence-electron chi connectivity index (χ3n) is 6.67. The van der Waals surface area contributed by atoms with Crippen LogP contribution in [-0.2, 0) is 20.7 Å². The fraction of sp³-hybridized carbons (Fsp3) is 0.483. The van der Waals surface area contributed by atoms with Crippen molar-refractivity contribution < 1.29 is 36.7 Å². The van der Waals surface area contributed by atoms with Crippen LogP contribution in [0.15, 0.2) is 48.5 Å². The molecule has 1 aliphatic carbocycles. The Hall–Kier alpha value is -3.83. The van der Waals surface area contributed by atoms with Crippen LogP contribution in [0.3, 0.4) is 0 Å². The normalized spacial score (nSPS) is 18.3. The van der Waals surface area contributed by atoms with E-state index >= 15 is 0 Å². The van der Waals surface area contributed by atoms with E-state index in [1.165, 1.54) is 30.3 Å². The molecule has 0 aromatic heterocycles. The number of alkyl carbamates (subject to hydrolysis) is 1. The molecule has 1 aliphatic heterocycles. The lowest BCUT2D eigenvalue weighted by Crippen LogP contribution is -2.58. The maximum absolute atomic E-state index is 13.6. The highest BCUT2D eigenvalue weighted by molar-refractivity contribution is 6.04. The predicted molar refractivity (Wildman–Crippen MR) is 145 cm³/mol. The number of halogens is 4. The van der Waals surface area contributed by atoms with Crippen LogP contribution in [0.1, 0.15) is 39.2 Å². The summed E-state index contributed by atoms with van der Waals surface area (Å²) in [6.07, 6.45) is -3.73. The molecular formula is C29H34F4N4O4. The number of nitrogens with one attached hydrogen (secondary N) is 2. The highest BCUT2D eigenvalue weighted by Crippen LogP contribution is 2.38. The van der Waals surface area contributed by atoms with Crippen molar-refractivity contribution in [1.29, 1.82) is 0 Å². The van der Waals surface area contributed by atoms with Crippen molar-refractivity contribution >= 4 is 29.3 Å². The van der Waals surface area contributed by atoms with Crippen LogP contribution in [0.4, 0.5) is 33.7 Å². The summed E-state index contributed by atoms with van der Waals surface area (Å²) >= 11 is 0. The van der Waals surface area contributed by atoms with E-state index in [0.717, 1.165) is 12.8 Å². The fourth-order valence-corrected chi connectivity index (χ4v) is 4.69. The first-order chi connectivity index (χ1) is 19.2. The summed E-state index contributed by atoms with van der Waals surface area (Å²) in [5, 5.41) is 5.09. The highest BCUT2D eigenvalue weighted by Gasteiger charge is 2.42. The summed E-state index contributed by atoms with van der Waals surface area (Å²) in [5.74, 6) is -1.86. The quantitative estimate of drug-likeness (QED) is 0.448. The van der Waals surface area contributed by atoms with Gasteiger partial charge < -0.3 is 20.3 Å². The van der Waals surface area contributed by atoms with Crippen LogP contribution in [0, 0.1) is 11.7 Å². The number of carbonyl (C=O) groups excluding carboxylic acids is 3. The molecule has 2 atom stereocenters. The van der Waals surface area contributed by atoms with Gasteiger partial charge in [0.1, 0.15) is 30.0 Å². The first-order valence-corrected chi connectivity index (χ1v) is 13.4. The molecule has 2 aromatic carbocycles. The topological polar surface area (TPSA) is 91.0 Å². The van der Waals surface area contributed by atoms with Gasteiger partial charge in [0, 0.05) is 19.5 Å². The number of benzene rings is 2. The van der Waals surface area contributed by atoms with Gasteiger partial charge in [-0.05, 0) is 69.4 Å². The van der Waals surface area contributed by atoms with Crippen molar-refractivity contribution in [3.63, 3.8) is 0 Å². The maximum atomic E-state index is 13.6. The van der Waals surface area contributed by atoms with E-state index in [0.29, 0.717) is 28.6 Å². The SMILES string of the molecule is CC(C)(C)OC(=O)NC(Cc1ccc(F)cc1)C(=O)N[C@@H]1CN(CC2CC2)c2ccccc2N(CC(F)(F)F)C1=O. The van der Waals surface area contributed by atoms with Gasteiger partial charge >= 0.3 is 12.3 Å². The molecule has 1 unspecified atom stereocenters. The number of anilines is 2. The molecule has 0 saturated heterocycles. The van der Waals surface area contributed by atoms with Crippen LogP contribution >= 0.6 is 0 Å². The molecule has 0 bridgehead atoms. The molecule has 2 aliphatic rings. The van der Waals surface area contributed by atoms with E-state index in [4.69, 9.17) is 4.74 Å². The number of alkyl halides is 3. The maximum Gasteiger partial charge on any atom is 0.408 e. The van der Waals surface area contributed by atoms with Gasteiger partial charge in [-0.15, -0.1) is 0 Å². The number of amides is 3. The van der Waals surface area contributed by atoms with Gasteiger partial charge in [-0.2, -0.15) is 13.2 Å². The van der Waals surface area contributed by atoms with E-state index in [1.807, 2.05) is 4.90 Å². The number of nitrogens with zero attached hydrogens (tertiary/aromatic N) is 2. The van der Waals surface area contributed by atoms with E-state index in [-0.39, 0.29) is 18.7 Å². The molecule has 2 aromatic rings. The number of hydrogen-bond donors (Lipinski definition) is 2. The average Bonchev–Trinajstić information content (AvgIpc) is 3.70. The second-order valence-electron chi connectivity index (χ2n) is 11.5. The molecule has 41 heavy (non-hydrogen) atoms. The second-order valence-corrected chi connectivity index (χ2v) is 11.5. The molecule has 8 nitrogen and oxygen atoms in total. The third-order valence-corrected chi connectivity index (χ3v) is 6.67. The Morgan fingerprint density at radius 3 is 2.24 bits per heavy atom. The highest BCUT2D eigenvalue weighted by atomic mass is 19.4. The lowest BCUT2D eigenvalue weighted by Gasteiger charge is -2.28. The van der Waals surface area contributed by atoms with Gasteiger partial charge in [-0.1, -0.05) is 24.3 Å². The Labute approximate surface area is 236 Å². The molecule has 0 radical (unpaired) electrons. The van der Waals surface area contributed by atoms with Gasteiger partial charge in [0.15, 0.2) is 0 Å². The molecule has 0 spiro atoms. The Morgan fingerprint density at radius 2 is 1.66 bits per heavy atom. The summed E-state index contributed by atoms with van der Waals surface area (Å²) in [4.78, 5) is 42.3. The molecule has 12 heteroatoms. The monoisotopic (exact) mass is 578 g/mol. The first-order valence-electron chi connectivity index (χ1n) is 13.4. The van der Waals surface area contributed by atoms with Crippen LogP contribution in [-0.4, -0.2) is 61.4 Å². The van der Waals surface area contributed by atoms with Crippen molar-refractivity contribution in [2.24, 2.45) is 5.92 Å². The number of carbonyl (C=O) groups is 3. The average molecular weight is 579 g/mol. The van der Waals surface area contributed by atoms with E-state index in [1.54, 1.807) is 39.0 Å². The van der Waals surface area contributed by atoms with Crippen molar-refractivity contribution in [2.75, 3.05) is 29.4 Å². The molecule has 3 amide bonds. The zero-order valence-corrected chi connectivity index (χ0v) is 23.1. The minimum atomic E-state index is -4.69. The van der Waals surface area contributed by atoms with Crippen LogP contribution in [0.5, 0.6) is 0 Å². The van der Waals surface area contributed by atoms with Gasteiger partial charge in [0.2, 0.25) is 5.91 Å². The molecule has 1 saturated carbocycles. The summed E-state index contributed by atoms with van der Waals surface area (Å²) in [6, 6.07) is 9.08. The second kappa shape index (κ2) is 12.0. The Balaban J connectivity index is 1.62. The van der Waals surface area contributed by atoms with E-state index in [2.05, 4.69) is 10.6 Å². The number of fused-ring (bicyclic) bond motifs is 1. The number of ether oxygens (including phenoxy) is 1. The number of para-hydroxylation sites is 2. The third kappa shape index (κ3) is 8.58. The summed E-state index contributed by atoms with van der Waals surface area (Å²) < 4.78 is 59.7. The lowest BCUT2D eigenvalue weighted by molar-refractivity contribution is -0.135. The van der Waals surface area contributed by atoms with Gasteiger partial charge in [-0.25, -0.2) is 9.18 Å². The molecule has 1 heterocycles. The molecule has 1 fully saturated rings. The zero-order chi connectivity index (χ0) is 29.9. The van der Waals surface area contributed by atoms with Crippen molar-refractivity contribution in [2.45, 2.75) is 63.9 Å². The summed E-state index contributed by atoms with van der Waals surface area (Å²) in [5.41, 5.74) is 0.229. The zero-order valence-electron chi connectivity index (χ0n) is 23.1. The van der Waals surface area contributed by atoms with Crippen molar-refractivity contribution in [3.8, 4) is 0 Å². The van der Waals surface area contributed by atoms with Crippen molar-refractivity contribution in [3.05, 3.63) is 59.9 Å². The number of hydrogen-bond acceptors (Lipinski definition) is 5. The Bertz CT molecular complexity index is 1260. The Morgan fingerprint density at radius 1 is 1.02 bits per heavy atom. The predicted octanol–water partition coefficient (Wildman–Crippen LogP) is 4.57. The lowest BCUT2D eigenvalue weighted by atomic mass is 10.0. The summed E-state index contributed by atoms with van der Waals surface area (Å²) in [6.45, 7) is 3.88. The first kappa shape index (κ1) is 30.1. The molecule has 4 rings (SSSR count). The van der Waals surface area contributed by atoms with Gasteiger partial charge in [0.05, 0.1) is 11.4 Å². The van der Waals surface area contributed by atoms with Gasteiger partial charge in [0.25, 0.3) is 5.91 Å². The summed E-state index contributed by atoms with van der Waals surface area (Å²) in [7, 11) is 0. The molecular weight excluding hydrogens is 544 g/mol. The molecule has 2 N–H and O–H groups in total. The minimum Gasteiger partial charge on any atom is -0.444 e. The van der Waals surface area contributed by atoms with Crippen LogP contribution < -0.4 is 20.4 Å². The van der Waals surface area contributed by atoms with Gasteiger partial charge in [-0.3, -0.25) is 14.5 Å². The Kier molecular flexibility index (Phi) is 8.79. The van der Waals surface area contributed by atoms with Crippen molar-refractivity contribution in [1.82, 2.24) is 10.6 Å². The standard InChI is InChI=1S/C29H34F4N4O4/c1-28(2,3)41-27(40)35-21(14-18-10-12-20(30)13-11-18)25(38)34-22-16-36(15-19-8-9-19)23-6-4-5-7-24(23)37(26(22)39)17-29(31,32)33/h4-7,10-13,19,21-22H,8-9,14-17H2,1-3H3,(H,34,38)(H,35,40)/t21?,22-/m1/s1. The van der Waals surface area contributed by atoms with Crippen LogP contribution in [0.2, 0.25) is 0 Å². The minimum absolute atomic E-state index is 0.0534. The molecule has 222 valence electrons. The van der Waals surface area contributed by atoms with E-state index < -0.39 is 54.1 Å².